The van der Waals surface area contributed by atoms with E-state index in [4.69, 9.17) is 9.47 Å². The van der Waals surface area contributed by atoms with Crippen LogP contribution in [0.2, 0.25) is 0 Å². The lowest BCUT2D eigenvalue weighted by Gasteiger charge is -2.27. The van der Waals surface area contributed by atoms with Gasteiger partial charge in [0.2, 0.25) is 0 Å². The van der Waals surface area contributed by atoms with Crippen molar-refractivity contribution in [3.8, 4) is 0 Å². The molecule has 0 aliphatic heterocycles. The lowest BCUT2D eigenvalue weighted by Crippen LogP contribution is -2.32. The highest BCUT2D eigenvalue weighted by Gasteiger charge is 2.30. The summed E-state index contributed by atoms with van der Waals surface area (Å²) in [6.07, 6.45) is 0. The van der Waals surface area contributed by atoms with Crippen molar-refractivity contribution in [1.82, 2.24) is 0 Å². The number of esters is 1. The highest BCUT2D eigenvalue weighted by Crippen LogP contribution is 2.28. The molecule has 0 saturated carbocycles. The van der Waals surface area contributed by atoms with Gasteiger partial charge in [0.25, 0.3) is 0 Å². The molecule has 0 aliphatic carbocycles. The monoisotopic (exact) mass is 299 g/mol. The average molecular weight is 299 g/mol. The maximum absolute atomic E-state index is 12.2. The standard InChI is InChI=1S/C18H21NO3/c1-21-13-16(18(20)22-2)17(14-9-5-3-6-10-14)19-15-11-7-4-8-12-15/h3-12,16-17,19H,13H2,1-2H3. The molecule has 0 radical (unpaired) electrons. The van der Waals surface area contributed by atoms with Crippen LogP contribution in [0.5, 0.6) is 0 Å². The number of hydrogen-bond acceptors (Lipinski definition) is 4. The van der Waals surface area contributed by atoms with Crippen molar-refractivity contribution in [3.63, 3.8) is 0 Å². The van der Waals surface area contributed by atoms with Crippen LogP contribution < -0.4 is 5.32 Å². The number of carbonyl (C=O) groups excluding carboxylic acids is 1. The Balaban J connectivity index is 2.33. The molecule has 2 aromatic carbocycles. The van der Waals surface area contributed by atoms with E-state index in [-0.39, 0.29) is 18.6 Å². The number of benzene rings is 2. The average Bonchev–Trinajstić information content (AvgIpc) is 2.59. The van der Waals surface area contributed by atoms with Gasteiger partial charge in [-0.1, -0.05) is 48.5 Å². The van der Waals surface area contributed by atoms with Gasteiger partial charge in [-0.05, 0) is 17.7 Å². The Morgan fingerprint density at radius 1 is 1.00 bits per heavy atom. The molecule has 4 nitrogen and oxygen atoms in total. The van der Waals surface area contributed by atoms with Crippen molar-refractivity contribution in [2.45, 2.75) is 6.04 Å². The van der Waals surface area contributed by atoms with Crippen LogP contribution in [0.25, 0.3) is 0 Å². The minimum atomic E-state index is -0.433. The predicted octanol–water partition coefficient (Wildman–Crippen LogP) is 3.28. The van der Waals surface area contributed by atoms with Crippen LogP contribution >= 0.6 is 0 Å². The van der Waals surface area contributed by atoms with Crippen LogP contribution in [0, 0.1) is 5.92 Å². The SMILES string of the molecule is COCC(C(=O)OC)C(Nc1ccccc1)c1ccccc1. The van der Waals surface area contributed by atoms with Gasteiger partial charge in [0.1, 0.15) is 5.92 Å². The van der Waals surface area contributed by atoms with E-state index in [9.17, 15) is 4.79 Å². The maximum Gasteiger partial charge on any atom is 0.313 e. The molecule has 0 heterocycles. The van der Waals surface area contributed by atoms with Gasteiger partial charge in [-0.3, -0.25) is 4.79 Å². The summed E-state index contributed by atoms with van der Waals surface area (Å²) in [5.41, 5.74) is 1.96. The van der Waals surface area contributed by atoms with Crippen molar-refractivity contribution in [2.24, 2.45) is 5.92 Å². The molecule has 2 unspecified atom stereocenters. The first-order valence-electron chi connectivity index (χ1n) is 7.19. The third kappa shape index (κ3) is 4.09. The smallest absolute Gasteiger partial charge is 0.313 e. The number of hydrogen-bond donors (Lipinski definition) is 1. The zero-order valence-corrected chi connectivity index (χ0v) is 12.9. The van der Waals surface area contributed by atoms with Crippen LogP contribution in [-0.2, 0) is 14.3 Å². The summed E-state index contributed by atoms with van der Waals surface area (Å²) < 4.78 is 10.2. The summed E-state index contributed by atoms with van der Waals surface area (Å²) >= 11 is 0. The Labute approximate surface area is 131 Å². The molecule has 0 aliphatic rings. The van der Waals surface area contributed by atoms with E-state index in [0.29, 0.717) is 0 Å². The van der Waals surface area contributed by atoms with E-state index in [2.05, 4.69) is 5.32 Å². The predicted molar refractivity (Wildman–Crippen MR) is 86.6 cm³/mol. The van der Waals surface area contributed by atoms with Crippen LogP contribution in [0.15, 0.2) is 60.7 Å². The molecule has 0 amide bonds. The van der Waals surface area contributed by atoms with Gasteiger partial charge in [0.15, 0.2) is 0 Å². The van der Waals surface area contributed by atoms with Gasteiger partial charge in [0.05, 0.1) is 19.8 Å². The fraction of sp³-hybridized carbons (Fsp3) is 0.278. The van der Waals surface area contributed by atoms with E-state index < -0.39 is 5.92 Å². The molecule has 1 N–H and O–H groups in total. The zero-order valence-electron chi connectivity index (χ0n) is 12.9. The molecule has 22 heavy (non-hydrogen) atoms. The molecule has 0 bridgehead atoms. The molecule has 4 heteroatoms. The van der Waals surface area contributed by atoms with Gasteiger partial charge in [-0.2, -0.15) is 0 Å². The van der Waals surface area contributed by atoms with E-state index in [1.165, 1.54) is 7.11 Å². The first-order valence-corrected chi connectivity index (χ1v) is 7.19. The number of ether oxygens (including phenoxy) is 2. The van der Waals surface area contributed by atoms with Crippen molar-refractivity contribution in [3.05, 3.63) is 66.2 Å². The van der Waals surface area contributed by atoms with E-state index in [1.807, 2.05) is 60.7 Å². The number of rotatable bonds is 7. The fourth-order valence-electron chi connectivity index (χ4n) is 2.42. The number of carbonyl (C=O) groups is 1. The second kappa shape index (κ2) is 8.20. The van der Waals surface area contributed by atoms with Gasteiger partial charge in [0, 0.05) is 12.8 Å². The van der Waals surface area contributed by atoms with Crippen LogP contribution in [0.4, 0.5) is 5.69 Å². The summed E-state index contributed by atoms with van der Waals surface area (Å²) in [5.74, 6) is -0.725. The molecular formula is C18H21NO3. The van der Waals surface area contributed by atoms with E-state index in [0.717, 1.165) is 11.3 Å². The lowest BCUT2D eigenvalue weighted by molar-refractivity contribution is -0.147. The van der Waals surface area contributed by atoms with Crippen LogP contribution in [0.3, 0.4) is 0 Å². The van der Waals surface area contributed by atoms with Gasteiger partial charge < -0.3 is 14.8 Å². The maximum atomic E-state index is 12.2. The first-order chi connectivity index (χ1) is 10.8. The van der Waals surface area contributed by atoms with Gasteiger partial charge in [-0.15, -0.1) is 0 Å². The summed E-state index contributed by atoms with van der Waals surface area (Å²) in [6.45, 7) is 0.284. The molecule has 0 saturated heterocycles. The molecular weight excluding hydrogens is 278 g/mol. The van der Waals surface area contributed by atoms with E-state index >= 15 is 0 Å². The third-order valence-corrected chi connectivity index (χ3v) is 3.51. The van der Waals surface area contributed by atoms with Gasteiger partial charge >= 0.3 is 5.97 Å². The molecule has 2 rings (SSSR count). The number of anilines is 1. The summed E-state index contributed by atoms with van der Waals surface area (Å²) in [5, 5.41) is 3.41. The third-order valence-electron chi connectivity index (χ3n) is 3.51. The summed E-state index contributed by atoms with van der Waals surface area (Å²) in [7, 11) is 2.98. The lowest BCUT2D eigenvalue weighted by atomic mass is 9.93. The largest absolute Gasteiger partial charge is 0.469 e. The Morgan fingerprint density at radius 2 is 1.59 bits per heavy atom. The number of nitrogens with one attached hydrogen (secondary N) is 1. The van der Waals surface area contributed by atoms with Crippen molar-refractivity contribution < 1.29 is 14.3 Å². The normalized spacial score (nSPS) is 13.2. The van der Waals surface area contributed by atoms with Crippen molar-refractivity contribution >= 4 is 11.7 Å². The fourth-order valence-corrected chi connectivity index (χ4v) is 2.42. The quantitative estimate of drug-likeness (QED) is 0.797. The van der Waals surface area contributed by atoms with Crippen molar-refractivity contribution in [1.29, 1.82) is 0 Å². The molecule has 0 spiro atoms. The zero-order chi connectivity index (χ0) is 15.8. The Kier molecular flexibility index (Phi) is 5.98. The Bertz CT molecular complexity index is 571. The topological polar surface area (TPSA) is 47.6 Å². The highest BCUT2D eigenvalue weighted by atomic mass is 16.5. The number of methoxy groups -OCH3 is 2. The molecule has 2 aromatic rings. The molecule has 0 fully saturated rings. The van der Waals surface area contributed by atoms with E-state index in [1.54, 1.807) is 7.11 Å². The Hall–Kier alpha value is -2.33. The minimum absolute atomic E-state index is 0.226. The summed E-state index contributed by atoms with van der Waals surface area (Å²) in [6, 6.07) is 19.4. The van der Waals surface area contributed by atoms with Crippen LogP contribution in [0.1, 0.15) is 11.6 Å². The molecule has 0 aromatic heterocycles. The second-order valence-corrected chi connectivity index (χ2v) is 4.98. The molecule has 116 valence electrons. The highest BCUT2D eigenvalue weighted by molar-refractivity contribution is 5.74. The number of para-hydroxylation sites is 1. The second-order valence-electron chi connectivity index (χ2n) is 4.98. The first kappa shape index (κ1) is 16.0. The molecule has 2 atom stereocenters. The van der Waals surface area contributed by atoms with Crippen LogP contribution in [-0.4, -0.2) is 26.8 Å². The van der Waals surface area contributed by atoms with Gasteiger partial charge in [-0.25, -0.2) is 0 Å². The Morgan fingerprint density at radius 3 is 2.14 bits per heavy atom. The minimum Gasteiger partial charge on any atom is -0.469 e. The summed E-state index contributed by atoms with van der Waals surface area (Å²) in [4.78, 5) is 12.2. The van der Waals surface area contributed by atoms with Crippen molar-refractivity contribution in [2.75, 3.05) is 26.1 Å².